The Morgan fingerprint density at radius 1 is 0.253 bits per heavy atom. The zero-order valence-corrected chi connectivity index (χ0v) is 52.1. The van der Waals surface area contributed by atoms with Crippen LogP contribution in [0, 0.1) is 6.92 Å². The molecule has 2 aromatic heterocycles. The van der Waals surface area contributed by atoms with E-state index in [2.05, 4.69) is 325 Å². The molecule has 0 bridgehead atoms. The van der Waals surface area contributed by atoms with Gasteiger partial charge in [0.2, 0.25) is 0 Å². The Balaban J connectivity index is 0.896. The lowest BCUT2D eigenvalue weighted by Crippen LogP contribution is -2.61. The first kappa shape index (κ1) is 55.4. The smallest absolute Gasteiger partial charge is 0.252 e. The van der Waals surface area contributed by atoms with Crippen LogP contribution in [0.2, 0.25) is 0 Å². The largest absolute Gasteiger partial charge is 0.311 e. The highest BCUT2D eigenvalue weighted by atomic mass is 15.2. The van der Waals surface area contributed by atoms with Crippen LogP contribution in [0.25, 0.3) is 117 Å². The van der Waals surface area contributed by atoms with Crippen molar-refractivity contribution in [2.45, 2.75) is 6.92 Å². The van der Waals surface area contributed by atoms with Gasteiger partial charge in [-0.25, -0.2) is 15.0 Å². The molecule has 0 N–H and O–H groups in total. The van der Waals surface area contributed by atoms with E-state index in [4.69, 9.17) is 15.0 Å². The van der Waals surface area contributed by atoms with Crippen LogP contribution in [0.3, 0.4) is 0 Å². The van der Waals surface area contributed by atoms with Gasteiger partial charge in [-0.1, -0.05) is 249 Å². The molecule has 0 saturated carbocycles. The molecule has 16 aromatic rings. The van der Waals surface area contributed by atoms with Gasteiger partial charge in [0.15, 0.2) is 17.5 Å². The number of fused-ring (bicyclic) bond motifs is 7. The molecule has 0 aliphatic carbocycles. The maximum absolute atomic E-state index is 5.30. The molecule has 0 amide bonds. The summed E-state index contributed by atoms with van der Waals surface area (Å²) >= 11 is 0. The Hall–Kier alpha value is -12.4. The number of aryl methyl sites for hydroxylation is 1. The maximum Gasteiger partial charge on any atom is 0.252 e. The molecule has 14 aromatic carbocycles. The standard InChI is InChI=1S/C88H59BN6/c1-58-44-46-74(88-91-86(63-34-16-6-17-35-63)90-87(92-88)64-36-18-7-19-37-64)82(48-58)95-78-41-23-20-38-73(78)75-55-65(45-47-79(75)95)70-56-83-85-84(57-70)94(72-53-68(61-30-12-4-13-31-61)50-69(54-72)62-32-14-5-15-33-62)81-43-25-22-40-77(81)89(85)76-39-21-24-42-80(76)93(83)71-51-66(59-26-8-2-9-27-59)49-67(52-71)60-28-10-3-11-29-60/h2-57H,1H3. The monoisotopic (exact) mass is 1210 g/mol. The fraction of sp³-hybridized carbons (Fsp3) is 0.0114. The van der Waals surface area contributed by atoms with E-state index in [0.29, 0.717) is 17.5 Å². The maximum atomic E-state index is 5.30. The van der Waals surface area contributed by atoms with Crippen LogP contribution in [0.1, 0.15) is 5.56 Å². The fourth-order valence-electron chi connectivity index (χ4n) is 14.6. The van der Waals surface area contributed by atoms with E-state index >= 15 is 0 Å². The molecule has 0 radical (unpaired) electrons. The van der Waals surface area contributed by atoms with Gasteiger partial charge in [-0.05, 0) is 176 Å². The summed E-state index contributed by atoms with van der Waals surface area (Å²) in [6, 6.07) is 124. The van der Waals surface area contributed by atoms with Gasteiger partial charge in [0.25, 0.3) is 6.71 Å². The minimum absolute atomic E-state index is 0.0911. The molecule has 2 aliphatic heterocycles. The summed E-state index contributed by atoms with van der Waals surface area (Å²) in [5.41, 5.74) is 28.9. The molecular weight excluding hydrogens is 1150 g/mol. The van der Waals surface area contributed by atoms with Crippen molar-refractivity contribution in [3.8, 4) is 95.5 Å². The van der Waals surface area contributed by atoms with Gasteiger partial charge in [0.05, 0.1) is 16.7 Å². The third kappa shape index (κ3) is 9.71. The molecule has 444 valence electrons. The van der Waals surface area contributed by atoms with Crippen molar-refractivity contribution in [2.24, 2.45) is 0 Å². The molecule has 6 nitrogen and oxygen atoms in total. The van der Waals surface area contributed by atoms with Crippen molar-refractivity contribution in [3.05, 3.63) is 345 Å². The van der Waals surface area contributed by atoms with Crippen LogP contribution in [-0.4, -0.2) is 26.2 Å². The molecule has 0 atom stereocenters. The minimum Gasteiger partial charge on any atom is -0.311 e. The SMILES string of the molecule is Cc1ccc(-c2nc(-c3ccccc3)nc(-c3ccccc3)n2)c(-n2c3ccccc3c3cc(-c4cc5c6c(c4)N(c4cc(-c7ccccc7)cc(-c7ccccc7)c4)c4ccccc4B6c4ccccc4N5c4cc(-c5ccccc5)cc(-c5ccccc5)c4)ccc32)c1. The van der Waals surface area contributed by atoms with E-state index in [1.807, 2.05) is 36.4 Å². The summed E-state index contributed by atoms with van der Waals surface area (Å²) in [6.07, 6.45) is 0. The number of hydrogen-bond donors (Lipinski definition) is 0. The van der Waals surface area contributed by atoms with Gasteiger partial charge >= 0.3 is 0 Å². The summed E-state index contributed by atoms with van der Waals surface area (Å²) < 4.78 is 2.41. The molecule has 95 heavy (non-hydrogen) atoms. The van der Waals surface area contributed by atoms with Crippen LogP contribution >= 0.6 is 0 Å². The molecule has 0 fully saturated rings. The number of para-hydroxylation sites is 3. The van der Waals surface area contributed by atoms with E-state index in [1.165, 1.54) is 16.4 Å². The van der Waals surface area contributed by atoms with E-state index in [0.717, 1.165) is 140 Å². The highest BCUT2D eigenvalue weighted by Crippen LogP contribution is 2.49. The molecule has 0 saturated heterocycles. The Bertz CT molecular complexity index is 5250. The van der Waals surface area contributed by atoms with E-state index < -0.39 is 0 Å². The van der Waals surface area contributed by atoms with Crippen molar-refractivity contribution in [2.75, 3.05) is 9.80 Å². The molecule has 4 heterocycles. The lowest BCUT2D eigenvalue weighted by molar-refractivity contribution is 1.06. The van der Waals surface area contributed by atoms with Crippen molar-refractivity contribution < 1.29 is 0 Å². The van der Waals surface area contributed by atoms with Crippen molar-refractivity contribution >= 4 is 79.0 Å². The Morgan fingerprint density at radius 3 is 1.12 bits per heavy atom. The van der Waals surface area contributed by atoms with Gasteiger partial charge in [-0.15, -0.1) is 0 Å². The lowest BCUT2D eigenvalue weighted by Gasteiger charge is -2.44. The predicted octanol–water partition coefficient (Wildman–Crippen LogP) is 20.7. The lowest BCUT2D eigenvalue weighted by atomic mass is 9.33. The normalized spacial score (nSPS) is 12.2. The molecule has 18 rings (SSSR count). The summed E-state index contributed by atoms with van der Waals surface area (Å²) in [7, 11) is 0. The zero-order valence-electron chi connectivity index (χ0n) is 52.1. The molecule has 0 spiro atoms. The molecule has 2 aliphatic rings. The molecular formula is C88H59BN6. The minimum atomic E-state index is -0.0911. The van der Waals surface area contributed by atoms with Crippen LogP contribution in [0.5, 0.6) is 0 Å². The number of benzene rings is 14. The van der Waals surface area contributed by atoms with Crippen molar-refractivity contribution in [1.29, 1.82) is 0 Å². The summed E-state index contributed by atoms with van der Waals surface area (Å²) in [5, 5.41) is 2.28. The summed E-state index contributed by atoms with van der Waals surface area (Å²) in [4.78, 5) is 20.8. The Kier molecular flexibility index (Phi) is 13.4. The topological polar surface area (TPSA) is 50.1 Å². The van der Waals surface area contributed by atoms with Crippen LogP contribution in [0.4, 0.5) is 34.1 Å². The zero-order chi connectivity index (χ0) is 62.9. The second-order valence-electron chi connectivity index (χ2n) is 24.8. The average Bonchev–Trinajstić information content (AvgIpc) is 0.979. The predicted molar refractivity (Wildman–Crippen MR) is 396 cm³/mol. The van der Waals surface area contributed by atoms with Crippen molar-refractivity contribution in [3.63, 3.8) is 0 Å². The van der Waals surface area contributed by atoms with Gasteiger partial charge in [0.1, 0.15) is 0 Å². The third-order valence-electron chi connectivity index (χ3n) is 19.0. The number of rotatable bonds is 11. The average molecular weight is 1210 g/mol. The first-order valence-corrected chi connectivity index (χ1v) is 32.5. The number of aromatic nitrogens is 4. The van der Waals surface area contributed by atoms with Gasteiger partial charge in [-0.2, -0.15) is 0 Å². The van der Waals surface area contributed by atoms with E-state index in [-0.39, 0.29) is 6.71 Å². The van der Waals surface area contributed by atoms with Gasteiger partial charge in [0, 0.05) is 61.6 Å². The third-order valence-corrected chi connectivity index (χ3v) is 19.0. The molecule has 0 unspecified atom stereocenters. The number of hydrogen-bond acceptors (Lipinski definition) is 5. The summed E-state index contributed by atoms with van der Waals surface area (Å²) in [5.74, 6) is 1.84. The highest BCUT2D eigenvalue weighted by Gasteiger charge is 2.44. The van der Waals surface area contributed by atoms with E-state index in [9.17, 15) is 0 Å². The van der Waals surface area contributed by atoms with Crippen LogP contribution in [-0.2, 0) is 0 Å². The Labute approximate surface area is 552 Å². The van der Waals surface area contributed by atoms with Crippen LogP contribution < -0.4 is 26.2 Å². The summed E-state index contributed by atoms with van der Waals surface area (Å²) in [6.45, 7) is 2.07. The number of nitrogens with zero attached hydrogens (tertiary/aromatic N) is 6. The van der Waals surface area contributed by atoms with Gasteiger partial charge < -0.3 is 14.4 Å². The first-order chi connectivity index (χ1) is 47.0. The highest BCUT2D eigenvalue weighted by molar-refractivity contribution is 7.00. The second-order valence-corrected chi connectivity index (χ2v) is 24.8. The quantitative estimate of drug-likeness (QED) is 0.121. The van der Waals surface area contributed by atoms with E-state index in [1.54, 1.807) is 0 Å². The second kappa shape index (κ2) is 23.0. The first-order valence-electron chi connectivity index (χ1n) is 32.5. The van der Waals surface area contributed by atoms with Crippen LogP contribution in [0.15, 0.2) is 340 Å². The number of anilines is 6. The Morgan fingerprint density at radius 2 is 0.642 bits per heavy atom. The van der Waals surface area contributed by atoms with Gasteiger partial charge in [-0.3, -0.25) is 0 Å². The molecule has 7 heteroatoms. The van der Waals surface area contributed by atoms with Crippen molar-refractivity contribution in [1.82, 2.24) is 19.5 Å². The fourth-order valence-corrected chi connectivity index (χ4v) is 14.6.